The van der Waals surface area contributed by atoms with E-state index in [-0.39, 0.29) is 12.1 Å². The fraction of sp³-hybridized carbons (Fsp3) is 0.360. The first-order valence-electron chi connectivity index (χ1n) is 11.4. The molecule has 3 heterocycles. The number of urea groups is 1. The topological polar surface area (TPSA) is 95.1 Å². The number of pyridine rings is 1. The average Bonchev–Trinajstić information content (AvgIpc) is 3.31. The summed E-state index contributed by atoms with van der Waals surface area (Å²) in [6.07, 6.45) is 12.7. The van der Waals surface area contributed by atoms with Gasteiger partial charge in [0.05, 0.1) is 5.39 Å². The number of likely N-dealkylation sites (N-methyl/N-ethyl adjacent to an activating group) is 1. The zero-order chi connectivity index (χ0) is 22.8. The Labute approximate surface area is 193 Å². The summed E-state index contributed by atoms with van der Waals surface area (Å²) in [5, 5.41) is 9.83. The Morgan fingerprint density at radius 2 is 2.09 bits per heavy atom. The van der Waals surface area contributed by atoms with E-state index in [1.165, 1.54) is 11.1 Å². The Bertz CT molecular complexity index is 1240. The van der Waals surface area contributed by atoms with Gasteiger partial charge >= 0.3 is 6.03 Å². The number of terminal acetylenes is 1. The lowest BCUT2D eigenvalue weighted by atomic mass is 9.98. The van der Waals surface area contributed by atoms with Crippen molar-refractivity contribution < 1.29 is 4.79 Å². The molecular weight excluding hydrogens is 414 g/mol. The van der Waals surface area contributed by atoms with E-state index in [1.54, 1.807) is 12.3 Å². The largest absolute Gasteiger partial charge is 0.335 e. The van der Waals surface area contributed by atoms with Gasteiger partial charge in [-0.25, -0.2) is 14.8 Å². The van der Waals surface area contributed by atoms with Gasteiger partial charge in [0.15, 0.2) is 5.65 Å². The van der Waals surface area contributed by atoms with Crippen molar-refractivity contribution in [3.8, 4) is 12.3 Å². The van der Waals surface area contributed by atoms with Crippen molar-refractivity contribution in [2.24, 2.45) is 0 Å². The zero-order valence-electron chi connectivity index (χ0n) is 18.7. The van der Waals surface area contributed by atoms with Crippen LogP contribution in [0.3, 0.4) is 0 Å². The second-order valence-electron chi connectivity index (χ2n) is 8.77. The van der Waals surface area contributed by atoms with Gasteiger partial charge in [-0.05, 0) is 49.6 Å². The third kappa shape index (κ3) is 4.59. The SMILES string of the molecule is C#Cc1cc(NC(=O)NC2CCCC2)nc2nc(Nc3cccc4c3CCN(C)C4)ncc12. The van der Waals surface area contributed by atoms with Crippen molar-refractivity contribution in [1.82, 2.24) is 25.2 Å². The van der Waals surface area contributed by atoms with E-state index in [4.69, 9.17) is 6.42 Å². The Morgan fingerprint density at radius 1 is 1.24 bits per heavy atom. The molecule has 3 N–H and O–H groups in total. The van der Waals surface area contributed by atoms with Gasteiger partial charge in [0.25, 0.3) is 0 Å². The molecule has 0 unspecified atom stereocenters. The average molecular weight is 442 g/mol. The minimum absolute atomic E-state index is 0.215. The van der Waals surface area contributed by atoms with Gasteiger partial charge in [-0.1, -0.05) is 30.9 Å². The predicted octanol–water partition coefficient (Wildman–Crippen LogP) is 3.80. The van der Waals surface area contributed by atoms with Crippen LogP contribution in [0.25, 0.3) is 11.0 Å². The molecule has 8 heteroatoms. The normalized spacial score (nSPS) is 16.2. The molecule has 0 spiro atoms. The minimum atomic E-state index is -0.273. The summed E-state index contributed by atoms with van der Waals surface area (Å²) in [4.78, 5) is 28.3. The van der Waals surface area contributed by atoms with Gasteiger partial charge in [-0.2, -0.15) is 4.98 Å². The molecule has 1 fully saturated rings. The number of fused-ring (bicyclic) bond motifs is 2. The smallest absolute Gasteiger partial charge is 0.320 e. The summed E-state index contributed by atoms with van der Waals surface area (Å²) in [6, 6.07) is 7.87. The first kappa shape index (κ1) is 21.2. The lowest BCUT2D eigenvalue weighted by molar-refractivity contribution is 0.248. The number of anilines is 3. The number of amides is 2. The highest BCUT2D eigenvalue weighted by Gasteiger charge is 2.19. The molecule has 0 atom stereocenters. The maximum absolute atomic E-state index is 12.4. The van der Waals surface area contributed by atoms with Crippen molar-refractivity contribution in [3.63, 3.8) is 0 Å². The molecule has 3 aromatic rings. The van der Waals surface area contributed by atoms with Gasteiger partial charge in [-0.15, -0.1) is 6.42 Å². The van der Waals surface area contributed by atoms with Crippen LogP contribution in [0, 0.1) is 12.3 Å². The number of hydrogen-bond acceptors (Lipinski definition) is 6. The molecule has 8 nitrogen and oxygen atoms in total. The fourth-order valence-corrected chi connectivity index (χ4v) is 4.65. The van der Waals surface area contributed by atoms with E-state index in [9.17, 15) is 4.79 Å². The van der Waals surface area contributed by atoms with Crippen LogP contribution in [0.4, 0.5) is 22.2 Å². The number of hydrogen-bond donors (Lipinski definition) is 3. The molecule has 0 bridgehead atoms. The van der Waals surface area contributed by atoms with Crippen LogP contribution in [-0.2, 0) is 13.0 Å². The van der Waals surface area contributed by atoms with Crippen molar-refractivity contribution in [3.05, 3.63) is 47.2 Å². The molecule has 168 valence electrons. The van der Waals surface area contributed by atoms with Crippen LogP contribution < -0.4 is 16.0 Å². The van der Waals surface area contributed by atoms with Crippen molar-refractivity contribution in [1.29, 1.82) is 0 Å². The number of rotatable bonds is 4. The highest BCUT2D eigenvalue weighted by atomic mass is 16.2. The maximum Gasteiger partial charge on any atom is 0.320 e. The first-order chi connectivity index (χ1) is 16.1. The fourth-order valence-electron chi connectivity index (χ4n) is 4.65. The summed E-state index contributed by atoms with van der Waals surface area (Å²) in [7, 11) is 2.13. The zero-order valence-corrected chi connectivity index (χ0v) is 18.7. The Hall–Kier alpha value is -3.70. The Morgan fingerprint density at radius 3 is 2.91 bits per heavy atom. The third-order valence-electron chi connectivity index (χ3n) is 6.36. The third-order valence-corrected chi connectivity index (χ3v) is 6.36. The molecular formula is C25H27N7O. The molecule has 0 saturated heterocycles. The molecule has 0 radical (unpaired) electrons. The predicted molar refractivity (Wildman–Crippen MR) is 129 cm³/mol. The van der Waals surface area contributed by atoms with Crippen LogP contribution in [0.1, 0.15) is 42.4 Å². The van der Waals surface area contributed by atoms with E-state index in [0.29, 0.717) is 28.4 Å². The van der Waals surface area contributed by atoms with Gasteiger partial charge in [0.1, 0.15) is 5.82 Å². The second-order valence-corrected chi connectivity index (χ2v) is 8.77. The molecule has 2 aromatic heterocycles. The summed E-state index contributed by atoms with van der Waals surface area (Å²) in [5.74, 6) is 3.47. The monoisotopic (exact) mass is 441 g/mol. The van der Waals surface area contributed by atoms with Crippen molar-refractivity contribution >= 4 is 34.5 Å². The number of carbonyl (C=O) groups is 1. The second kappa shape index (κ2) is 9.04. The molecule has 1 saturated carbocycles. The van der Waals surface area contributed by atoms with Gasteiger partial charge in [0.2, 0.25) is 5.95 Å². The highest BCUT2D eigenvalue weighted by Crippen LogP contribution is 2.28. The standard InChI is InChI=1S/C25H27N7O/c1-3-16-13-22(30-25(33)27-18-8-4-5-9-18)29-23-20(16)14-26-24(31-23)28-21-10-6-7-17-15-32(2)12-11-19(17)21/h1,6-7,10,13-14,18H,4-5,8-9,11-12,15H2,2H3,(H3,26,27,28,29,30,31,33). The quantitative estimate of drug-likeness (QED) is 0.533. The summed E-state index contributed by atoms with van der Waals surface area (Å²) >= 11 is 0. The number of nitrogens with zero attached hydrogens (tertiary/aromatic N) is 4. The highest BCUT2D eigenvalue weighted by molar-refractivity contribution is 5.91. The Balaban J connectivity index is 1.41. The number of benzene rings is 1. The molecule has 2 aliphatic rings. The first-order valence-corrected chi connectivity index (χ1v) is 11.4. The van der Waals surface area contributed by atoms with E-state index < -0.39 is 0 Å². The van der Waals surface area contributed by atoms with Crippen LogP contribution >= 0.6 is 0 Å². The number of carbonyl (C=O) groups excluding carboxylic acids is 1. The molecule has 1 aliphatic heterocycles. The van der Waals surface area contributed by atoms with E-state index in [0.717, 1.165) is 50.9 Å². The van der Waals surface area contributed by atoms with Crippen molar-refractivity contribution in [2.45, 2.75) is 44.7 Å². The minimum Gasteiger partial charge on any atom is -0.335 e. The van der Waals surface area contributed by atoms with Crippen LogP contribution in [0.15, 0.2) is 30.5 Å². The van der Waals surface area contributed by atoms with E-state index >= 15 is 0 Å². The van der Waals surface area contributed by atoms with Crippen LogP contribution in [0.2, 0.25) is 0 Å². The van der Waals surface area contributed by atoms with Gasteiger partial charge < -0.3 is 15.5 Å². The lowest BCUT2D eigenvalue weighted by Crippen LogP contribution is -2.36. The molecule has 33 heavy (non-hydrogen) atoms. The number of aromatic nitrogens is 3. The number of nitrogens with one attached hydrogen (secondary N) is 3. The van der Waals surface area contributed by atoms with Crippen LogP contribution in [-0.4, -0.2) is 45.5 Å². The summed E-state index contributed by atoms with van der Waals surface area (Å²) < 4.78 is 0. The molecule has 2 amide bonds. The molecule has 5 rings (SSSR count). The van der Waals surface area contributed by atoms with Crippen molar-refractivity contribution in [2.75, 3.05) is 24.2 Å². The van der Waals surface area contributed by atoms with Gasteiger partial charge in [0, 0.05) is 36.6 Å². The van der Waals surface area contributed by atoms with E-state index in [1.807, 2.05) is 12.1 Å². The lowest BCUT2D eigenvalue weighted by Gasteiger charge is -2.26. The Kier molecular flexibility index (Phi) is 5.80. The summed E-state index contributed by atoms with van der Waals surface area (Å²) in [6.45, 7) is 1.93. The maximum atomic E-state index is 12.4. The van der Waals surface area contributed by atoms with E-state index in [2.05, 4.69) is 54.8 Å². The summed E-state index contributed by atoms with van der Waals surface area (Å²) in [5.41, 5.74) is 4.62. The van der Waals surface area contributed by atoms with Gasteiger partial charge in [-0.3, -0.25) is 5.32 Å². The molecule has 1 aliphatic carbocycles. The molecule has 1 aromatic carbocycles. The van der Waals surface area contributed by atoms with Crippen LogP contribution in [0.5, 0.6) is 0 Å².